The maximum atomic E-state index is 10.2. The van der Waals surface area contributed by atoms with E-state index in [1.807, 2.05) is 6.92 Å². The van der Waals surface area contributed by atoms with Crippen LogP contribution in [0.15, 0.2) is 12.2 Å². The first kappa shape index (κ1) is 11.8. The largest absolute Gasteiger partial charge is 0.381 e. The number of hydrogen-bond acceptors (Lipinski definition) is 2. The highest BCUT2D eigenvalue weighted by atomic mass is 32.2. The van der Waals surface area contributed by atoms with Gasteiger partial charge in [0.05, 0.1) is 12.4 Å². The molecule has 0 aromatic heterocycles. The Morgan fingerprint density at radius 3 is 2.75 bits per heavy atom. The molecule has 0 rings (SSSR count). The van der Waals surface area contributed by atoms with Crippen LogP contribution in [0.2, 0.25) is 0 Å². The first-order valence-corrected chi connectivity index (χ1v) is 5.20. The topological polar surface area (TPSA) is 46.5 Å². The maximum Gasteiger partial charge on any atom is 0.152 e. The van der Waals surface area contributed by atoms with Gasteiger partial charge in [0, 0.05) is 6.61 Å². The minimum atomic E-state index is -1.68. The molecule has 1 unspecified atom stereocenters. The second kappa shape index (κ2) is 7.46. The fraction of sp³-hybridized carbons (Fsp3) is 0.750. The molecule has 0 aliphatic carbocycles. The van der Waals surface area contributed by atoms with Gasteiger partial charge in [0.2, 0.25) is 0 Å². The molecule has 0 spiro atoms. The van der Waals surface area contributed by atoms with Crippen molar-refractivity contribution in [2.24, 2.45) is 0 Å². The minimum absolute atomic E-state index is 0.299. The Morgan fingerprint density at radius 1 is 1.58 bits per heavy atom. The highest BCUT2D eigenvalue weighted by molar-refractivity contribution is 7.79. The van der Waals surface area contributed by atoms with E-state index in [-0.39, 0.29) is 0 Å². The van der Waals surface area contributed by atoms with Gasteiger partial charge in [0.15, 0.2) is 11.1 Å². The van der Waals surface area contributed by atoms with Crippen LogP contribution in [-0.2, 0) is 15.8 Å². The summed E-state index contributed by atoms with van der Waals surface area (Å²) in [7, 11) is 0. The van der Waals surface area contributed by atoms with Gasteiger partial charge in [0.1, 0.15) is 0 Å². The fourth-order valence-corrected chi connectivity index (χ4v) is 0.998. The summed E-state index contributed by atoms with van der Waals surface area (Å²) < 4.78 is 23.8. The molecular weight excluding hydrogens is 176 g/mol. The lowest BCUT2D eigenvalue weighted by molar-refractivity contribution is 0.138. The second-order valence-corrected chi connectivity index (χ2v) is 3.75. The molecule has 3 nitrogen and oxygen atoms in total. The lowest BCUT2D eigenvalue weighted by atomic mass is 10.3. The predicted octanol–water partition coefficient (Wildman–Crippen LogP) is 1.58. The zero-order chi connectivity index (χ0) is 9.40. The van der Waals surface area contributed by atoms with Gasteiger partial charge in [-0.3, -0.25) is 0 Å². The van der Waals surface area contributed by atoms with E-state index in [0.717, 1.165) is 12.0 Å². The zero-order valence-corrected chi connectivity index (χ0v) is 8.23. The molecule has 0 saturated carbocycles. The Kier molecular flexibility index (Phi) is 7.34. The van der Waals surface area contributed by atoms with Gasteiger partial charge in [-0.25, -0.2) is 4.21 Å². The molecule has 0 amide bonds. The predicted molar refractivity (Wildman–Crippen MR) is 50.5 cm³/mol. The third-order valence-electron chi connectivity index (χ3n) is 1.28. The van der Waals surface area contributed by atoms with Crippen LogP contribution < -0.4 is 0 Å². The van der Waals surface area contributed by atoms with Gasteiger partial charge in [-0.1, -0.05) is 5.57 Å². The van der Waals surface area contributed by atoms with Crippen LogP contribution in [0.1, 0.15) is 19.8 Å². The molecule has 0 aliphatic rings. The van der Waals surface area contributed by atoms with Crippen molar-refractivity contribution in [2.75, 3.05) is 19.0 Å². The van der Waals surface area contributed by atoms with Crippen molar-refractivity contribution in [3.8, 4) is 0 Å². The average molecular weight is 192 g/mol. The summed E-state index contributed by atoms with van der Waals surface area (Å²) in [5, 5.41) is 0. The van der Waals surface area contributed by atoms with Crippen molar-refractivity contribution < 1.29 is 13.5 Å². The molecule has 0 fully saturated rings. The van der Waals surface area contributed by atoms with Gasteiger partial charge >= 0.3 is 0 Å². The Balaban J connectivity index is 3.01. The van der Waals surface area contributed by atoms with E-state index in [9.17, 15) is 4.21 Å². The highest BCUT2D eigenvalue weighted by Gasteiger charge is 1.93. The smallest absolute Gasteiger partial charge is 0.152 e. The van der Waals surface area contributed by atoms with Crippen molar-refractivity contribution >= 4 is 11.1 Å². The van der Waals surface area contributed by atoms with Crippen LogP contribution in [0.4, 0.5) is 0 Å². The maximum absolute atomic E-state index is 10.2. The first-order valence-electron chi connectivity index (χ1n) is 3.92. The van der Waals surface area contributed by atoms with E-state index in [0.29, 0.717) is 25.4 Å². The van der Waals surface area contributed by atoms with E-state index in [1.165, 1.54) is 0 Å². The zero-order valence-electron chi connectivity index (χ0n) is 7.41. The highest BCUT2D eigenvalue weighted by Crippen LogP contribution is 1.95. The Hall–Kier alpha value is -0.190. The second-order valence-electron chi connectivity index (χ2n) is 2.70. The van der Waals surface area contributed by atoms with Crippen LogP contribution in [0, 0.1) is 0 Å². The molecule has 1 atom stereocenters. The van der Waals surface area contributed by atoms with Crippen molar-refractivity contribution in [2.45, 2.75) is 19.8 Å². The third kappa shape index (κ3) is 9.81. The van der Waals surface area contributed by atoms with Crippen LogP contribution in [-0.4, -0.2) is 27.7 Å². The van der Waals surface area contributed by atoms with Crippen LogP contribution in [0.3, 0.4) is 0 Å². The van der Waals surface area contributed by atoms with E-state index in [2.05, 4.69) is 6.58 Å². The summed E-state index contributed by atoms with van der Waals surface area (Å²) in [6.07, 6.45) is 1.50. The van der Waals surface area contributed by atoms with E-state index in [1.54, 1.807) is 0 Å². The Morgan fingerprint density at radius 2 is 2.25 bits per heavy atom. The van der Waals surface area contributed by atoms with E-state index >= 15 is 0 Å². The molecule has 0 aromatic carbocycles. The summed E-state index contributed by atoms with van der Waals surface area (Å²) in [4.78, 5) is 0. The van der Waals surface area contributed by atoms with E-state index in [4.69, 9.17) is 9.29 Å². The summed E-state index contributed by atoms with van der Waals surface area (Å²) in [5.74, 6) is 0.299. The monoisotopic (exact) mass is 192 g/mol. The molecule has 0 heterocycles. The molecule has 72 valence electrons. The summed E-state index contributed by atoms with van der Waals surface area (Å²) in [6.45, 7) is 6.90. The molecule has 12 heavy (non-hydrogen) atoms. The molecule has 0 bridgehead atoms. The van der Waals surface area contributed by atoms with Crippen molar-refractivity contribution in [1.29, 1.82) is 0 Å². The third-order valence-corrected chi connectivity index (χ3v) is 1.92. The fourth-order valence-electron chi connectivity index (χ4n) is 0.633. The van der Waals surface area contributed by atoms with Gasteiger partial charge in [-0.15, -0.1) is 6.58 Å². The standard InChI is InChI=1S/C8H16O3S/c1-8(2)4-6-11-5-3-7-12(9)10/h1,3-7H2,2H3,(H,9,10). The molecule has 0 radical (unpaired) electrons. The van der Waals surface area contributed by atoms with Crippen LogP contribution in [0.5, 0.6) is 0 Å². The molecule has 1 N–H and O–H groups in total. The van der Waals surface area contributed by atoms with Crippen LogP contribution >= 0.6 is 0 Å². The summed E-state index contributed by atoms with van der Waals surface area (Å²) in [6, 6.07) is 0. The van der Waals surface area contributed by atoms with E-state index < -0.39 is 11.1 Å². The quantitative estimate of drug-likeness (QED) is 0.378. The SMILES string of the molecule is C=C(C)CCOCCCS(=O)O. The van der Waals surface area contributed by atoms with Gasteiger partial charge < -0.3 is 9.29 Å². The number of hydrogen-bond donors (Lipinski definition) is 1. The Labute approximate surface area is 76.1 Å². The van der Waals surface area contributed by atoms with Gasteiger partial charge in [-0.2, -0.15) is 0 Å². The minimum Gasteiger partial charge on any atom is -0.381 e. The summed E-state index contributed by atoms with van der Waals surface area (Å²) >= 11 is -1.68. The molecule has 0 aromatic rings. The lowest BCUT2D eigenvalue weighted by Crippen LogP contribution is -2.02. The number of rotatable bonds is 7. The van der Waals surface area contributed by atoms with Crippen molar-refractivity contribution in [3.63, 3.8) is 0 Å². The van der Waals surface area contributed by atoms with Gasteiger partial charge in [0.25, 0.3) is 0 Å². The number of ether oxygens (including phenoxy) is 1. The lowest BCUT2D eigenvalue weighted by Gasteiger charge is -2.01. The Bertz CT molecular complexity index is 138. The molecular formula is C8H16O3S. The average Bonchev–Trinajstić information content (AvgIpc) is 1.95. The molecule has 0 saturated heterocycles. The first-order chi connectivity index (χ1) is 5.63. The van der Waals surface area contributed by atoms with Crippen molar-refractivity contribution in [3.05, 3.63) is 12.2 Å². The molecule has 4 heteroatoms. The van der Waals surface area contributed by atoms with Crippen LogP contribution in [0.25, 0.3) is 0 Å². The summed E-state index contributed by atoms with van der Waals surface area (Å²) in [5.41, 5.74) is 1.10. The van der Waals surface area contributed by atoms with Crippen molar-refractivity contribution in [1.82, 2.24) is 0 Å². The van der Waals surface area contributed by atoms with Gasteiger partial charge in [-0.05, 0) is 19.8 Å². The molecule has 0 aliphatic heterocycles. The normalized spacial score (nSPS) is 12.8.